The average molecular weight is 251 g/mol. The quantitative estimate of drug-likeness (QED) is 0.458. The molecule has 3 heteroatoms. The van der Waals surface area contributed by atoms with Gasteiger partial charge in [0, 0.05) is 5.54 Å². The van der Waals surface area contributed by atoms with Crippen molar-refractivity contribution < 1.29 is 0 Å². The second-order valence-corrected chi connectivity index (χ2v) is 6.18. The molecule has 0 heterocycles. The zero-order valence-electron chi connectivity index (χ0n) is 12.0. The van der Waals surface area contributed by atoms with Crippen LogP contribution < -0.4 is 11.3 Å². The van der Waals surface area contributed by atoms with E-state index in [-0.39, 0.29) is 5.54 Å². The Morgan fingerprint density at radius 2 is 1.89 bits per heavy atom. The Morgan fingerprint density at radius 3 is 2.50 bits per heavy atom. The first-order valence-corrected chi connectivity index (χ1v) is 7.53. The second kappa shape index (κ2) is 6.18. The fourth-order valence-electron chi connectivity index (χ4n) is 3.89. The Labute approximate surface area is 112 Å². The largest absolute Gasteiger partial charge is 0.302 e. The van der Waals surface area contributed by atoms with Crippen molar-refractivity contribution in [2.45, 2.75) is 69.4 Å². The maximum atomic E-state index is 5.94. The van der Waals surface area contributed by atoms with Crippen LogP contribution in [-0.2, 0) is 0 Å². The van der Waals surface area contributed by atoms with Crippen LogP contribution in [0.15, 0.2) is 11.6 Å². The molecule has 2 rings (SSSR count). The lowest BCUT2D eigenvalue weighted by molar-refractivity contribution is 0.118. The molecular weight excluding hydrogens is 222 g/mol. The number of nitrogens with two attached hydrogens (primary N) is 1. The zero-order chi connectivity index (χ0) is 13.0. The molecule has 0 aromatic rings. The molecule has 1 saturated carbocycles. The number of hydrogen-bond donors (Lipinski definition) is 2. The predicted molar refractivity (Wildman–Crippen MR) is 77.2 cm³/mol. The Balaban J connectivity index is 2.22. The highest BCUT2D eigenvalue weighted by Crippen LogP contribution is 2.40. The van der Waals surface area contributed by atoms with Gasteiger partial charge in [0.15, 0.2) is 0 Å². The highest BCUT2D eigenvalue weighted by Gasteiger charge is 2.44. The van der Waals surface area contributed by atoms with E-state index in [0.717, 1.165) is 0 Å². The molecule has 1 unspecified atom stereocenters. The summed E-state index contributed by atoms with van der Waals surface area (Å²) in [5, 5.41) is 0. The third kappa shape index (κ3) is 2.63. The molecule has 0 aliphatic heterocycles. The fraction of sp³-hybridized carbons (Fsp3) is 0.867. The molecule has 3 N–H and O–H groups in total. The summed E-state index contributed by atoms with van der Waals surface area (Å²) in [6.07, 6.45) is 14.2. The molecule has 2 aliphatic rings. The topological polar surface area (TPSA) is 41.3 Å². The average Bonchev–Trinajstić information content (AvgIpc) is 2.69. The SMILES string of the molecule is CN(C)C1(C(NN)C2=CCCCCC2)CCCC1. The molecule has 0 bridgehead atoms. The number of allylic oxidation sites excluding steroid dienone is 1. The molecule has 1 atom stereocenters. The molecule has 0 aromatic carbocycles. The summed E-state index contributed by atoms with van der Waals surface area (Å²) in [6.45, 7) is 0. The highest BCUT2D eigenvalue weighted by atomic mass is 15.3. The Morgan fingerprint density at radius 1 is 1.17 bits per heavy atom. The normalized spacial score (nSPS) is 25.9. The second-order valence-electron chi connectivity index (χ2n) is 6.18. The number of likely N-dealkylation sites (N-methyl/N-ethyl adjacent to an activating group) is 1. The van der Waals surface area contributed by atoms with Crippen molar-refractivity contribution in [3.05, 3.63) is 11.6 Å². The van der Waals surface area contributed by atoms with Gasteiger partial charge in [0.2, 0.25) is 0 Å². The van der Waals surface area contributed by atoms with Gasteiger partial charge in [-0.25, -0.2) is 0 Å². The van der Waals surface area contributed by atoms with E-state index in [9.17, 15) is 0 Å². The molecule has 0 radical (unpaired) electrons. The summed E-state index contributed by atoms with van der Waals surface area (Å²) < 4.78 is 0. The summed E-state index contributed by atoms with van der Waals surface area (Å²) in [6, 6.07) is 0.341. The summed E-state index contributed by atoms with van der Waals surface area (Å²) in [5.74, 6) is 5.94. The first kappa shape index (κ1) is 14.0. The Hall–Kier alpha value is -0.380. The number of nitrogens with one attached hydrogen (secondary N) is 1. The van der Waals surface area contributed by atoms with Crippen LogP contribution in [0, 0.1) is 0 Å². The van der Waals surface area contributed by atoms with Crippen molar-refractivity contribution in [3.63, 3.8) is 0 Å². The minimum Gasteiger partial charge on any atom is -0.302 e. The van der Waals surface area contributed by atoms with E-state index >= 15 is 0 Å². The third-order valence-corrected chi connectivity index (χ3v) is 5.01. The molecule has 0 saturated heterocycles. The monoisotopic (exact) mass is 251 g/mol. The third-order valence-electron chi connectivity index (χ3n) is 5.01. The lowest BCUT2D eigenvalue weighted by Crippen LogP contribution is -2.60. The van der Waals surface area contributed by atoms with E-state index in [1.54, 1.807) is 5.57 Å². The van der Waals surface area contributed by atoms with E-state index in [2.05, 4.69) is 30.5 Å². The van der Waals surface area contributed by atoms with Crippen LogP contribution in [0.3, 0.4) is 0 Å². The summed E-state index contributed by atoms with van der Waals surface area (Å²) in [5.41, 5.74) is 4.96. The molecule has 104 valence electrons. The fourth-order valence-corrected chi connectivity index (χ4v) is 3.89. The van der Waals surface area contributed by atoms with Crippen LogP contribution in [0.2, 0.25) is 0 Å². The van der Waals surface area contributed by atoms with E-state index < -0.39 is 0 Å². The summed E-state index contributed by atoms with van der Waals surface area (Å²) in [7, 11) is 4.43. The molecule has 0 amide bonds. The Kier molecular flexibility index (Phi) is 4.82. The molecule has 2 aliphatic carbocycles. The number of rotatable bonds is 4. The highest BCUT2D eigenvalue weighted by molar-refractivity contribution is 5.21. The van der Waals surface area contributed by atoms with Gasteiger partial charge in [-0.3, -0.25) is 11.3 Å². The van der Waals surface area contributed by atoms with Gasteiger partial charge in [0.1, 0.15) is 0 Å². The summed E-state index contributed by atoms with van der Waals surface area (Å²) >= 11 is 0. The first-order valence-electron chi connectivity index (χ1n) is 7.53. The van der Waals surface area contributed by atoms with Gasteiger partial charge in [0.05, 0.1) is 6.04 Å². The number of hydrogen-bond acceptors (Lipinski definition) is 3. The summed E-state index contributed by atoms with van der Waals surface area (Å²) in [4.78, 5) is 2.41. The molecule has 18 heavy (non-hydrogen) atoms. The molecule has 0 aromatic heterocycles. The van der Waals surface area contributed by atoms with Crippen molar-refractivity contribution in [2.24, 2.45) is 5.84 Å². The zero-order valence-corrected chi connectivity index (χ0v) is 12.0. The van der Waals surface area contributed by atoms with Crippen LogP contribution in [0.25, 0.3) is 0 Å². The first-order chi connectivity index (χ1) is 8.70. The van der Waals surface area contributed by atoms with Gasteiger partial charge in [-0.15, -0.1) is 0 Å². The molecular formula is C15H29N3. The Bertz CT molecular complexity index is 290. The molecule has 0 spiro atoms. The minimum atomic E-state index is 0.241. The van der Waals surface area contributed by atoms with Crippen LogP contribution in [0.5, 0.6) is 0 Å². The van der Waals surface area contributed by atoms with E-state index in [0.29, 0.717) is 6.04 Å². The van der Waals surface area contributed by atoms with E-state index in [4.69, 9.17) is 5.84 Å². The number of hydrazine groups is 1. The molecule has 3 nitrogen and oxygen atoms in total. The maximum absolute atomic E-state index is 5.94. The smallest absolute Gasteiger partial charge is 0.0603 e. The number of nitrogens with zero attached hydrogens (tertiary/aromatic N) is 1. The van der Waals surface area contributed by atoms with Gasteiger partial charge < -0.3 is 4.90 Å². The van der Waals surface area contributed by atoms with Crippen molar-refractivity contribution in [2.75, 3.05) is 14.1 Å². The predicted octanol–water partition coefficient (Wildman–Crippen LogP) is 2.58. The van der Waals surface area contributed by atoms with Gasteiger partial charge in [-0.2, -0.15) is 0 Å². The van der Waals surface area contributed by atoms with Crippen molar-refractivity contribution in [1.29, 1.82) is 0 Å². The van der Waals surface area contributed by atoms with Gasteiger partial charge in [-0.1, -0.05) is 30.9 Å². The maximum Gasteiger partial charge on any atom is 0.0603 e. The van der Waals surface area contributed by atoms with E-state index in [1.807, 2.05) is 0 Å². The standard InChI is InChI=1S/C15H29N3/c1-18(2)15(11-7-8-12-15)14(17-16)13-9-5-3-4-6-10-13/h9,14,17H,3-8,10-12,16H2,1-2H3. The van der Waals surface area contributed by atoms with Gasteiger partial charge in [-0.05, 0) is 52.6 Å². The minimum absolute atomic E-state index is 0.241. The van der Waals surface area contributed by atoms with Crippen molar-refractivity contribution in [1.82, 2.24) is 10.3 Å². The lowest BCUT2D eigenvalue weighted by Gasteiger charge is -2.44. The van der Waals surface area contributed by atoms with Gasteiger partial charge in [0.25, 0.3) is 0 Å². The van der Waals surface area contributed by atoms with E-state index in [1.165, 1.54) is 57.8 Å². The van der Waals surface area contributed by atoms with Crippen LogP contribution in [0.4, 0.5) is 0 Å². The lowest BCUT2D eigenvalue weighted by atomic mass is 9.81. The van der Waals surface area contributed by atoms with Crippen LogP contribution in [-0.4, -0.2) is 30.6 Å². The van der Waals surface area contributed by atoms with Crippen molar-refractivity contribution in [3.8, 4) is 0 Å². The molecule has 1 fully saturated rings. The van der Waals surface area contributed by atoms with Crippen molar-refractivity contribution >= 4 is 0 Å². The van der Waals surface area contributed by atoms with Crippen LogP contribution >= 0.6 is 0 Å². The van der Waals surface area contributed by atoms with Crippen LogP contribution in [0.1, 0.15) is 57.8 Å². The van der Waals surface area contributed by atoms with Gasteiger partial charge >= 0.3 is 0 Å².